The van der Waals surface area contributed by atoms with Gasteiger partial charge >= 0.3 is 0 Å². The van der Waals surface area contributed by atoms with E-state index >= 15 is 0 Å². The van der Waals surface area contributed by atoms with Crippen LogP contribution < -0.4 is 11.5 Å². The molecular weight excluding hydrogens is 104 g/mol. The van der Waals surface area contributed by atoms with Crippen molar-refractivity contribution in [1.82, 2.24) is 0 Å². The fraction of sp³-hybridized carbons (Fsp3) is 1.00. The molecule has 3 heteroatoms. The first kappa shape index (κ1) is 6.01. The van der Waals surface area contributed by atoms with Crippen LogP contribution in [0.25, 0.3) is 0 Å². The lowest BCUT2D eigenvalue weighted by Gasteiger charge is -2.23. The standard InChI is InChI=1S/C5H12N2O/c6-4-1-2-8-5(7)3-4/h4-5H,1-3,6-7H2. The van der Waals surface area contributed by atoms with Crippen molar-refractivity contribution in [1.29, 1.82) is 0 Å². The highest BCUT2D eigenvalue weighted by Crippen LogP contribution is 2.06. The molecule has 48 valence electrons. The zero-order valence-electron chi connectivity index (χ0n) is 4.84. The Morgan fingerprint density at radius 1 is 1.38 bits per heavy atom. The minimum absolute atomic E-state index is 0.112. The van der Waals surface area contributed by atoms with Gasteiger partial charge in [0.1, 0.15) is 6.23 Å². The molecule has 2 unspecified atom stereocenters. The van der Waals surface area contributed by atoms with Crippen LogP contribution >= 0.6 is 0 Å². The molecule has 1 aliphatic heterocycles. The molecule has 0 radical (unpaired) electrons. The van der Waals surface area contributed by atoms with E-state index in [1.54, 1.807) is 0 Å². The van der Waals surface area contributed by atoms with Gasteiger partial charge in [0.25, 0.3) is 0 Å². The van der Waals surface area contributed by atoms with Crippen LogP contribution in [0.1, 0.15) is 12.8 Å². The van der Waals surface area contributed by atoms with E-state index in [0.29, 0.717) is 0 Å². The summed E-state index contributed by atoms with van der Waals surface area (Å²) in [5.74, 6) is 0. The third-order valence-electron chi connectivity index (χ3n) is 1.36. The monoisotopic (exact) mass is 116 g/mol. The Hall–Kier alpha value is -0.120. The first-order valence-electron chi connectivity index (χ1n) is 2.92. The van der Waals surface area contributed by atoms with Gasteiger partial charge in [-0.3, -0.25) is 0 Å². The third kappa shape index (κ3) is 1.43. The average Bonchev–Trinajstić information content (AvgIpc) is 1.64. The summed E-state index contributed by atoms with van der Waals surface area (Å²) in [5.41, 5.74) is 11.0. The van der Waals surface area contributed by atoms with Gasteiger partial charge in [-0.05, 0) is 6.42 Å². The van der Waals surface area contributed by atoms with Gasteiger partial charge in [0.2, 0.25) is 0 Å². The molecule has 2 atom stereocenters. The molecule has 0 aromatic carbocycles. The zero-order valence-corrected chi connectivity index (χ0v) is 4.84. The van der Waals surface area contributed by atoms with Gasteiger partial charge in [0.05, 0.1) is 6.61 Å². The number of hydrogen-bond donors (Lipinski definition) is 2. The van der Waals surface area contributed by atoms with Crippen LogP contribution in [-0.2, 0) is 4.74 Å². The predicted octanol–water partition coefficient (Wildman–Crippen LogP) is -0.591. The molecule has 0 amide bonds. The molecule has 8 heavy (non-hydrogen) atoms. The summed E-state index contributed by atoms with van der Waals surface area (Å²) >= 11 is 0. The van der Waals surface area contributed by atoms with Crippen molar-refractivity contribution in [2.45, 2.75) is 25.1 Å². The van der Waals surface area contributed by atoms with E-state index in [0.717, 1.165) is 19.4 Å². The Balaban J connectivity index is 2.23. The number of nitrogens with two attached hydrogens (primary N) is 2. The second-order valence-corrected chi connectivity index (χ2v) is 2.19. The Kier molecular flexibility index (Phi) is 1.83. The molecule has 4 N–H and O–H groups in total. The summed E-state index contributed by atoms with van der Waals surface area (Å²) in [5, 5.41) is 0. The van der Waals surface area contributed by atoms with E-state index in [-0.39, 0.29) is 12.3 Å². The van der Waals surface area contributed by atoms with Crippen molar-refractivity contribution in [2.24, 2.45) is 11.5 Å². The van der Waals surface area contributed by atoms with Gasteiger partial charge < -0.3 is 16.2 Å². The maximum atomic E-state index is 5.57. The van der Waals surface area contributed by atoms with E-state index in [1.165, 1.54) is 0 Å². The van der Waals surface area contributed by atoms with Crippen LogP contribution in [0.3, 0.4) is 0 Å². The fourth-order valence-electron chi connectivity index (χ4n) is 0.855. The van der Waals surface area contributed by atoms with Crippen LogP contribution in [0.2, 0.25) is 0 Å². The number of ether oxygens (including phenoxy) is 1. The van der Waals surface area contributed by atoms with Crippen LogP contribution in [0, 0.1) is 0 Å². The highest BCUT2D eigenvalue weighted by Gasteiger charge is 2.14. The molecule has 1 aliphatic rings. The SMILES string of the molecule is NC1CCOC(N)C1. The Labute approximate surface area is 49.0 Å². The van der Waals surface area contributed by atoms with Crippen molar-refractivity contribution in [3.05, 3.63) is 0 Å². The largest absolute Gasteiger partial charge is 0.363 e. The van der Waals surface area contributed by atoms with E-state index < -0.39 is 0 Å². The van der Waals surface area contributed by atoms with Gasteiger partial charge in [-0.15, -0.1) is 0 Å². The molecule has 0 saturated carbocycles. The fourth-order valence-corrected chi connectivity index (χ4v) is 0.855. The highest BCUT2D eigenvalue weighted by atomic mass is 16.5. The van der Waals surface area contributed by atoms with Crippen LogP contribution in [0.4, 0.5) is 0 Å². The maximum Gasteiger partial charge on any atom is 0.107 e. The molecule has 0 aromatic heterocycles. The topological polar surface area (TPSA) is 61.3 Å². The second kappa shape index (κ2) is 2.44. The quantitative estimate of drug-likeness (QED) is 0.444. The molecule has 0 aromatic rings. The van der Waals surface area contributed by atoms with Crippen molar-refractivity contribution in [3.63, 3.8) is 0 Å². The molecule has 3 nitrogen and oxygen atoms in total. The lowest BCUT2D eigenvalue weighted by atomic mass is 10.1. The smallest absolute Gasteiger partial charge is 0.107 e. The molecule has 0 bridgehead atoms. The maximum absolute atomic E-state index is 5.57. The highest BCUT2D eigenvalue weighted by molar-refractivity contribution is 4.68. The first-order chi connectivity index (χ1) is 3.79. The molecule has 0 spiro atoms. The second-order valence-electron chi connectivity index (χ2n) is 2.19. The lowest BCUT2D eigenvalue weighted by molar-refractivity contribution is 0.0124. The number of hydrogen-bond acceptors (Lipinski definition) is 3. The van der Waals surface area contributed by atoms with Crippen molar-refractivity contribution in [2.75, 3.05) is 6.61 Å². The van der Waals surface area contributed by atoms with Crippen LogP contribution in [0.15, 0.2) is 0 Å². The van der Waals surface area contributed by atoms with Crippen LogP contribution in [0.5, 0.6) is 0 Å². The Morgan fingerprint density at radius 2 is 2.12 bits per heavy atom. The third-order valence-corrected chi connectivity index (χ3v) is 1.36. The molecular formula is C5H12N2O. The minimum Gasteiger partial charge on any atom is -0.363 e. The molecule has 1 fully saturated rings. The average molecular weight is 116 g/mol. The van der Waals surface area contributed by atoms with E-state index in [2.05, 4.69) is 0 Å². The van der Waals surface area contributed by atoms with E-state index in [4.69, 9.17) is 16.2 Å². The van der Waals surface area contributed by atoms with Gasteiger partial charge in [-0.2, -0.15) is 0 Å². The lowest BCUT2D eigenvalue weighted by Crippen LogP contribution is -2.39. The molecule has 1 rings (SSSR count). The first-order valence-corrected chi connectivity index (χ1v) is 2.92. The van der Waals surface area contributed by atoms with Crippen molar-refractivity contribution in [3.8, 4) is 0 Å². The summed E-state index contributed by atoms with van der Waals surface area (Å²) < 4.78 is 5.05. The summed E-state index contributed by atoms with van der Waals surface area (Å²) in [6.45, 7) is 0.725. The molecule has 1 saturated heterocycles. The van der Waals surface area contributed by atoms with Gasteiger partial charge in [-0.25, -0.2) is 0 Å². The molecule has 1 heterocycles. The number of rotatable bonds is 0. The Bertz CT molecular complexity index is 68.8. The van der Waals surface area contributed by atoms with Crippen LogP contribution in [-0.4, -0.2) is 18.9 Å². The molecule has 0 aliphatic carbocycles. The Morgan fingerprint density at radius 3 is 2.50 bits per heavy atom. The minimum atomic E-state index is -0.112. The van der Waals surface area contributed by atoms with Crippen molar-refractivity contribution >= 4 is 0 Å². The van der Waals surface area contributed by atoms with Gasteiger partial charge in [-0.1, -0.05) is 0 Å². The summed E-state index contributed by atoms with van der Waals surface area (Å²) in [6.07, 6.45) is 1.65. The summed E-state index contributed by atoms with van der Waals surface area (Å²) in [7, 11) is 0. The van der Waals surface area contributed by atoms with Gasteiger partial charge in [0.15, 0.2) is 0 Å². The van der Waals surface area contributed by atoms with Crippen molar-refractivity contribution < 1.29 is 4.74 Å². The predicted molar refractivity (Wildman–Crippen MR) is 31.1 cm³/mol. The normalized spacial score (nSPS) is 39.8. The zero-order chi connectivity index (χ0) is 5.98. The summed E-state index contributed by atoms with van der Waals surface area (Å²) in [4.78, 5) is 0. The van der Waals surface area contributed by atoms with E-state index in [9.17, 15) is 0 Å². The van der Waals surface area contributed by atoms with Gasteiger partial charge in [0, 0.05) is 12.5 Å². The summed E-state index contributed by atoms with van der Waals surface area (Å²) in [6, 6.07) is 0.263. The van der Waals surface area contributed by atoms with E-state index in [1.807, 2.05) is 0 Å².